The largest absolute Gasteiger partial charge is 0.292 e. The van der Waals surface area contributed by atoms with E-state index in [9.17, 15) is 4.79 Å². The van der Waals surface area contributed by atoms with Crippen LogP contribution in [0, 0.1) is 5.92 Å². The molecule has 0 amide bonds. The minimum atomic E-state index is 0.270. The van der Waals surface area contributed by atoms with Crippen molar-refractivity contribution >= 4 is 17.1 Å². The van der Waals surface area contributed by atoms with Gasteiger partial charge in [0.2, 0.25) is 0 Å². The fourth-order valence-corrected chi connectivity index (χ4v) is 4.32. The molecule has 1 heterocycles. The lowest BCUT2D eigenvalue weighted by Gasteiger charge is -2.18. The van der Waals surface area contributed by atoms with Gasteiger partial charge in [0.15, 0.2) is 5.78 Å². The van der Waals surface area contributed by atoms with Crippen LogP contribution in [0.1, 0.15) is 79.2 Å². The summed E-state index contributed by atoms with van der Waals surface area (Å²) in [6.45, 7) is 0. The molecule has 0 radical (unpaired) electrons. The second kappa shape index (κ2) is 5.52. The van der Waals surface area contributed by atoms with Crippen LogP contribution in [0.3, 0.4) is 0 Å². The lowest BCUT2D eigenvalue weighted by atomic mass is 9.90. The first-order chi connectivity index (χ1) is 8.84. The molecule has 0 N–H and O–H groups in total. The van der Waals surface area contributed by atoms with Crippen LogP contribution < -0.4 is 0 Å². The molecule has 2 nitrogen and oxygen atoms in total. The number of carbonyl (C=O) groups excluding carboxylic acids is 1. The maximum Gasteiger partial charge on any atom is 0.185 e. The van der Waals surface area contributed by atoms with Gasteiger partial charge in [0, 0.05) is 17.2 Å². The number of thiazole rings is 1. The molecule has 3 heteroatoms. The zero-order valence-corrected chi connectivity index (χ0v) is 11.7. The molecule has 1 aromatic rings. The first kappa shape index (κ1) is 12.3. The second-order valence-electron chi connectivity index (χ2n) is 5.75. The van der Waals surface area contributed by atoms with Gasteiger partial charge in [-0.2, -0.15) is 0 Å². The Bertz CT molecular complexity index is 414. The average Bonchev–Trinajstić information content (AvgIpc) is 3.10. The molecule has 0 spiro atoms. The molecule has 0 atom stereocenters. The summed E-state index contributed by atoms with van der Waals surface area (Å²) in [4.78, 5) is 16.9. The summed E-state index contributed by atoms with van der Waals surface area (Å²) in [7, 11) is 0. The fourth-order valence-electron chi connectivity index (χ4n) is 3.33. The molecule has 0 aliphatic heterocycles. The highest BCUT2D eigenvalue weighted by molar-refractivity contribution is 7.09. The third-order valence-corrected chi connectivity index (χ3v) is 5.46. The van der Waals surface area contributed by atoms with E-state index in [1.807, 2.05) is 5.38 Å². The van der Waals surface area contributed by atoms with Gasteiger partial charge in [-0.15, -0.1) is 11.3 Å². The molecular weight excluding hydrogens is 242 g/mol. The van der Waals surface area contributed by atoms with Gasteiger partial charge in [-0.1, -0.05) is 32.1 Å². The predicted octanol–water partition coefficient (Wildman–Crippen LogP) is 4.56. The van der Waals surface area contributed by atoms with Gasteiger partial charge in [-0.3, -0.25) is 4.79 Å². The van der Waals surface area contributed by atoms with Crippen LogP contribution in [-0.2, 0) is 0 Å². The van der Waals surface area contributed by atoms with Gasteiger partial charge < -0.3 is 0 Å². The Morgan fingerprint density at radius 2 is 1.72 bits per heavy atom. The first-order valence-corrected chi connectivity index (χ1v) is 8.22. The Hall–Kier alpha value is -0.700. The van der Waals surface area contributed by atoms with E-state index >= 15 is 0 Å². The highest BCUT2D eigenvalue weighted by atomic mass is 32.1. The van der Waals surface area contributed by atoms with Crippen molar-refractivity contribution in [3.8, 4) is 0 Å². The summed E-state index contributed by atoms with van der Waals surface area (Å²) in [6.07, 6.45) is 11.2. The number of carbonyl (C=O) groups is 1. The van der Waals surface area contributed by atoms with Crippen molar-refractivity contribution in [2.75, 3.05) is 0 Å². The van der Waals surface area contributed by atoms with Crippen LogP contribution in [-0.4, -0.2) is 10.8 Å². The van der Waals surface area contributed by atoms with E-state index in [1.54, 1.807) is 11.3 Å². The molecule has 2 saturated carbocycles. The monoisotopic (exact) mass is 263 g/mol. The molecule has 2 aliphatic carbocycles. The van der Waals surface area contributed by atoms with Gasteiger partial charge >= 0.3 is 0 Å². The Kier molecular flexibility index (Phi) is 3.78. The Labute approximate surface area is 113 Å². The molecule has 2 fully saturated rings. The summed E-state index contributed by atoms with van der Waals surface area (Å²) in [5.41, 5.74) is 0.757. The molecule has 2 aliphatic rings. The fraction of sp³-hybridized carbons (Fsp3) is 0.733. The minimum Gasteiger partial charge on any atom is -0.292 e. The highest BCUT2D eigenvalue weighted by Crippen LogP contribution is 2.35. The highest BCUT2D eigenvalue weighted by Gasteiger charge is 2.27. The zero-order chi connectivity index (χ0) is 12.4. The first-order valence-electron chi connectivity index (χ1n) is 7.34. The molecule has 18 heavy (non-hydrogen) atoms. The van der Waals surface area contributed by atoms with Crippen molar-refractivity contribution in [1.82, 2.24) is 4.98 Å². The molecule has 98 valence electrons. The maximum atomic E-state index is 12.3. The lowest BCUT2D eigenvalue weighted by Crippen LogP contribution is -2.12. The SMILES string of the molecule is O=C(c1csc(C2CCCCC2)n1)C1CCCC1. The van der Waals surface area contributed by atoms with E-state index < -0.39 is 0 Å². The van der Waals surface area contributed by atoms with Crippen LogP contribution in [0.2, 0.25) is 0 Å². The summed E-state index contributed by atoms with van der Waals surface area (Å²) in [5, 5.41) is 3.22. The van der Waals surface area contributed by atoms with Crippen LogP contribution >= 0.6 is 11.3 Å². The summed E-state index contributed by atoms with van der Waals surface area (Å²) >= 11 is 1.71. The van der Waals surface area contributed by atoms with E-state index in [-0.39, 0.29) is 5.92 Å². The Morgan fingerprint density at radius 3 is 2.44 bits per heavy atom. The Balaban J connectivity index is 1.70. The van der Waals surface area contributed by atoms with Crippen molar-refractivity contribution in [3.63, 3.8) is 0 Å². The molecule has 0 saturated heterocycles. The van der Waals surface area contributed by atoms with Crippen LogP contribution in [0.15, 0.2) is 5.38 Å². The number of hydrogen-bond donors (Lipinski definition) is 0. The smallest absolute Gasteiger partial charge is 0.185 e. The van der Waals surface area contributed by atoms with Crippen molar-refractivity contribution in [3.05, 3.63) is 16.1 Å². The number of rotatable bonds is 3. The van der Waals surface area contributed by atoms with E-state index in [1.165, 1.54) is 50.0 Å². The van der Waals surface area contributed by atoms with Gasteiger partial charge in [-0.05, 0) is 25.7 Å². The van der Waals surface area contributed by atoms with Crippen LogP contribution in [0.5, 0.6) is 0 Å². The van der Waals surface area contributed by atoms with Crippen molar-refractivity contribution in [2.24, 2.45) is 5.92 Å². The maximum absolute atomic E-state index is 12.3. The molecule has 0 aromatic carbocycles. The quantitative estimate of drug-likeness (QED) is 0.748. The van der Waals surface area contributed by atoms with Crippen molar-refractivity contribution in [1.29, 1.82) is 0 Å². The second-order valence-corrected chi connectivity index (χ2v) is 6.64. The third kappa shape index (κ3) is 2.51. The van der Waals surface area contributed by atoms with E-state index in [2.05, 4.69) is 4.98 Å². The van der Waals surface area contributed by atoms with Crippen molar-refractivity contribution < 1.29 is 4.79 Å². The molecule has 1 aromatic heterocycles. The predicted molar refractivity (Wildman–Crippen MR) is 74.2 cm³/mol. The molecule has 0 unspecified atom stereocenters. The van der Waals surface area contributed by atoms with Gasteiger partial charge in [-0.25, -0.2) is 4.98 Å². The number of nitrogens with zero attached hydrogens (tertiary/aromatic N) is 1. The summed E-state index contributed by atoms with van der Waals surface area (Å²) < 4.78 is 0. The normalized spacial score (nSPS) is 22.4. The third-order valence-electron chi connectivity index (χ3n) is 4.45. The number of Topliss-reactive ketones (excluding diaryl/α,β-unsaturated/α-hetero) is 1. The summed E-state index contributed by atoms with van der Waals surface area (Å²) in [6, 6.07) is 0. The number of ketones is 1. The zero-order valence-electron chi connectivity index (χ0n) is 10.9. The van der Waals surface area contributed by atoms with E-state index in [0.29, 0.717) is 11.7 Å². The minimum absolute atomic E-state index is 0.270. The standard InChI is InChI=1S/C15H21NOS/c17-14(11-6-4-5-7-11)13-10-18-15(16-13)12-8-2-1-3-9-12/h10-12H,1-9H2. The van der Waals surface area contributed by atoms with Gasteiger partial charge in [0.05, 0.1) is 5.01 Å². The van der Waals surface area contributed by atoms with Crippen LogP contribution in [0.25, 0.3) is 0 Å². The molecule has 3 rings (SSSR count). The van der Waals surface area contributed by atoms with E-state index in [4.69, 9.17) is 0 Å². The lowest BCUT2D eigenvalue weighted by molar-refractivity contribution is 0.0918. The average molecular weight is 263 g/mol. The number of aromatic nitrogens is 1. The molecular formula is C15H21NOS. The number of hydrogen-bond acceptors (Lipinski definition) is 3. The van der Waals surface area contributed by atoms with E-state index in [0.717, 1.165) is 18.5 Å². The summed E-state index contributed by atoms with van der Waals surface area (Å²) in [5.74, 6) is 1.21. The van der Waals surface area contributed by atoms with Crippen LogP contribution in [0.4, 0.5) is 0 Å². The van der Waals surface area contributed by atoms with Crippen molar-refractivity contribution in [2.45, 2.75) is 63.7 Å². The van der Waals surface area contributed by atoms with Gasteiger partial charge in [0.1, 0.15) is 5.69 Å². The topological polar surface area (TPSA) is 30.0 Å². The van der Waals surface area contributed by atoms with Gasteiger partial charge in [0.25, 0.3) is 0 Å². The Morgan fingerprint density at radius 1 is 1.06 bits per heavy atom. The molecule has 0 bridgehead atoms.